The number of urea groups is 1. The molecule has 0 bridgehead atoms. The van der Waals surface area contributed by atoms with Gasteiger partial charge in [0.15, 0.2) is 0 Å². The molecule has 0 spiro atoms. The van der Waals surface area contributed by atoms with Crippen molar-refractivity contribution in [2.45, 2.75) is 38.2 Å². The third-order valence-corrected chi connectivity index (χ3v) is 3.47. The van der Waals surface area contributed by atoms with Crippen molar-refractivity contribution < 1.29 is 19.1 Å². The normalized spacial score (nSPS) is 21.3. The van der Waals surface area contributed by atoms with E-state index in [9.17, 15) is 14.4 Å². The zero-order valence-electron chi connectivity index (χ0n) is 9.93. The third kappa shape index (κ3) is 2.75. The molecule has 1 aliphatic carbocycles. The van der Waals surface area contributed by atoms with Crippen molar-refractivity contribution in [1.29, 1.82) is 0 Å². The number of hydrogen-bond acceptors (Lipinski definition) is 4. The molecule has 6 nitrogen and oxygen atoms in total. The van der Waals surface area contributed by atoms with Crippen molar-refractivity contribution in [1.82, 2.24) is 9.80 Å². The topological polar surface area (TPSA) is 66.9 Å². The second-order valence-electron chi connectivity index (χ2n) is 4.48. The molecule has 1 saturated carbocycles. The van der Waals surface area contributed by atoms with E-state index in [2.05, 4.69) is 0 Å². The molecule has 0 unspecified atom stereocenters. The maximum Gasteiger partial charge on any atom is 0.418 e. The van der Waals surface area contributed by atoms with Crippen LogP contribution in [0.25, 0.3) is 0 Å². The van der Waals surface area contributed by atoms with Gasteiger partial charge in [-0.05, 0) is 37.3 Å². The first-order valence-corrected chi connectivity index (χ1v) is 6.46. The van der Waals surface area contributed by atoms with Crippen molar-refractivity contribution in [3.8, 4) is 0 Å². The van der Waals surface area contributed by atoms with Crippen molar-refractivity contribution in [2.24, 2.45) is 0 Å². The van der Waals surface area contributed by atoms with Crippen LogP contribution < -0.4 is 0 Å². The number of imide groups is 2. The Morgan fingerprint density at radius 2 is 1.72 bits per heavy atom. The van der Waals surface area contributed by atoms with Gasteiger partial charge in [0.05, 0.1) is 13.1 Å². The first-order valence-electron chi connectivity index (χ1n) is 6.08. The smallest absolute Gasteiger partial charge is 0.418 e. The molecule has 0 N–H and O–H groups in total. The summed E-state index contributed by atoms with van der Waals surface area (Å²) in [4.78, 5) is 36.1. The van der Waals surface area contributed by atoms with Crippen LogP contribution in [0.3, 0.4) is 0 Å². The van der Waals surface area contributed by atoms with E-state index >= 15 is 0 Å². The summed E-state index contributed by atoms with van der Waals surface area (Å²) >= 11 is 5.23. The number of rotatable bonds is 1. The standard InChI is InChI=1S/C11H15ClN2O4/c12-9(15)13-6-7-14(10(13)16)11(17)18-8-4-2-1-3-5-8/h8H,1-7H2. The fourth-order valence-corrected chi connectivity index (χ4v) is 2.42. The van der Waals surface area contributed by atoms with Gasteiger partial charge in [0.25, 0.3) is 0 Å². The molecule has 2 aliphatic rings. The van der Waals surface area contributed by atoms with Gasteiger partial charge in [-0.15, -0.1) is 0 Å². The quantitative estimate of drug-likeness (QED) is 0.544. The van der Waals surface area contributed by atoms with Gasteiger partial charge in [0, 0.05) is 0 Å². The Morgan fingerprint density at radius 3 is 2.28 bits per heavy atom. The van der Waals surface area contributed by atoms with E-state index in [-0.39, 0.29) is 19.2 Å². The summed E-state index contributed by atoms with van der Waals surface area (Å²) in [7, 11) is 0. The predicted molar refractivity (Wildman–Crippen MR) is 63.4 cm³/mol. The predicted octanol–water partition coefficient (Wildman–Crippen LogP) is 2.55. The number of ether oxygens (including phenoxy) is 1. The lowest BCUT2D eigenvalue weighted by atomic mass is 9.98. The van der Waals surface area contributed by atoms with Gasteiger partial charge < -0.3 is 4.74 Å². The molecule has 2 fully saturated rings. The zero-order chi connectivity index (χ0) is 13.1. The van der Waals surface area contributed by atoms with E-state index in [1.54, 1.807) is 0 Å². The van der Waals surface area contributed by atoms with Crippen LogP contribution in [0, 0.1) is 0 Å². The summed E-state index contributed by atoms with van der Waals surface area (Å²) in [5.41, 5.74) is 0. The summed E-state index contributed by atoms with van der Waals surface area (Å²) in [6.45, 7) is 0.268. The number of halogens is 1. The molecule has 2 rings (SSSR count). The highest BCUT2D eigenvalue weighted by atomic mass is 35.5. The van der Waals surface area contributed by atoms with E-state index in [0.717, 1.165) is 41.9 Å². The minimum absolute atomic E-state index is 0.111. The van der Waals surface area contributed by atoms with Gasteiger partial charge in [-0.2, -0.15) is 0 Å². The van der Waals surface area contributed by atoms with Crippen LogP contribution in [-0.4, -0.2) is 46.5 Å². The van der Waals surface area contributed by atoms with Crippen molar-refractivity contribution >= 4 is 29.1 Å². The second kappa shape index (κ2) is 5.56. The molecule has 1 heterocycles. The van der Waals surface area contributed by atoms with Crippen molar-refractivity contribution in [3.05, 3.63) is 0 Å². The second-order valence-corrected chi connectivity index (χ2v) is 4.81. The van der Waals surface area contributed by atoms with E-state index in [0.29, 0.717) is 0 Å². The Kier molecular flexibility index (Phi) is 4.06. The van der Waals surface area contributed by atoms with E-state index in [4.69, 9.17) is 16.3 Å². The first-order chi connectivity index (χ1) is 8.59. The van der Waals surface area contributed by atoms with Crippen LogP contribution in [0.4, 0.5) is 14.4 Å². The third-order valence-electron chi connectivity index (χ3n) is 3.26. The van der Waals surface area contributed by atoms with Gasteiger partial charge >= 0.3 is 17.5 Å². The van der Waals surface area contributed by atoms with Crippen LogP contribution in [0.5, 0.6) is 0 Å². The number of carbonyl (C=O) groups excluding carboxylic acids is 3. The largest absolute Gasteiger partial charge is 0.446 e. The van der Waals surface area contributed by atoms with E-state index in [1.807, 2.05) is 0 Å². The summed E-state index contributed by atoms with van der Waals surface area (Å²) in [5.74, 6) is 0. The maximum atomic E-state index is 11.8. The van der Waals surface area contributed by atoms with Crippen LogP contribution in [0.1, 0.15) is 32.1 Å². The van der Waals surface area contributed by atoms with Crippen LogP contribution in [0.2, 0.25) is 0 Å². The molecular formula is C11H15ClN2O4. The van der Waals surface area contributed by atoms with Gasteiger partial charge in [-0.3, -0.25) is 4.79 Å². The molecule has 4 amide bonds. The molecule has 18 heavy (non-hydrogen) atoms. The van der Waals surface area contributed by atoms with E-state index < -0.39 is 17.5 Å². The Hall–Kier alpha value is -1.30. The molecule has 0 atom stereocenters. The number of hydrogen-bond donors (Lipinski definition) is 0. The average Bonchev–Trinajstić information content (AvgIpc) is 2.72. The first kappa shape index (κ1) is 13.1. The van der Waals surface area contributed by atoms with E-state index in [1.165, 1.54) is 0 Å². The van der Waals surface area contributed by atoms with Crippen molar-refractivity contribution in [3.63, 3.8) is 0 Å². The molecule has 0 radical (unpaired) electrons. The lowest BCUT2D eigenvalue weighted by Gasteiger charge is -2.24. The molecule has 0 aromatic rings. The minimum Gasteiger partial charge on any atom is -0.446 e. The molecular weight excluding hydrogens is 260 g/mol. The fourth-order valence-electron chi connectivity index (χ4n) is 2.26. The Balaban J connectivity index is 1.89. The summed E-state index contributed by atoms with van der Waals surface area (Å²) in [6.07, 6.45) is 4.13. The molecule has 1 saturated heterocycles. The van der Waals surface area contributed by atoms with Crippen LogP contribution >= 0.6 is 11.6 Å². The molecule has 0 aromatic carbocycles. The van der Waals surface area contributed by atoms with Gasteiger partial charge in [0.2, 0.25) is 0 Å². The lowest BCUT2D eigenvalue weighted by Crippen LogP contribution is -2.39. The number of nitrogens with zero attached hydrogens (tertiary/aromatic N) is 2. The Labute approximate surface area is 110 Å². The summed E-state index contributed by atoms with van der Waals surface area (Å²) in [6, 6.07) is -0.698. The molecule has 0 aromatic heterocycles. The highest BCUT2D eigenvalue weighted by Gasteiger charge is 2.38. The molecule has 1 aliphatic heterocycles. The monoisotopic (exact) mass is 274 g/mol. The SMILES string of the molecule is O=C(Cl)N1CCN(C(=O)OC2CCCCC2)C1=O. The molecule has 7 heteroatoms. The Morgan fingerprint density at radius 1 is 1.11 bits per heavy atom. The summed E-state index contributed by atoms with van der Waals surface area (Å²) < 4.78 is 5.26. The highest BCUT2D eigenvalue weighted by Crippen LogP contribution is 2.22. The number of carbonyl (C=O) groups is 3. The van der Waals surface area contributed by atoms with Gasteiger partial charge in [-0.25, -0.2) is 19.4 Å². The fraction of sp³-hybridized carbons (Fsp3) is 0.727. The zero-order valence-corrected chi connectivity index (χ0v) is 10.7. The maximum absolute atomic E-state index is 11.8. The average molecular weight is 275 g/mol. The number of amides is 4. The summed E-state index contributed by atoms with van der Waals surface area (Å²) in [5, 5.41) is -0.868. The van der Waals surface area contributed by atoms with Gasteiger partial charge in [0.1, 0.15) is 6.10 Å². The minimum atomic E-state index is -0.868. The van der Waals surface area contributed by atoms with Crippen molar-refractivity contribution in [2.75, 3.05) is 13.1 Å². The van der Waals surface area contributed by atoms with Gasteiger partial charge in [-0.1, -0.05) is 6.42 Å². The Bertz CT molecular complexity index is 368. The highest BCUT2D eigenvalue weighted by molar-refractivity contribution is 6.64. The molecule has 100 valence electrons. The van der Waals surface area contributed by atoms with Crippen LogP contribution in [-0.2, 0) is 4.74 Å². The lowest BCUT2D eigenvalue weighted by molar-refractivity contribution is 0.0563. The van der Waals surface area contributed by atoms with Crippen LogP contribution in [0.15, 0.2) is 0 Å².